The van der Waals surface area contributed by atoms with Gasteiger partial charge >= 0.3 is 0 Å². The molecule has 1 atom stereocenters. The molecule has 0 saturated heterocycles. The van der Waals surface area contributed by atoms with Crippen molar-refractivity contribution in [1.29, 1.82) is 0 Å². The first-order chi connectivity index (χ1) is 9.02. The third-order valence-electron chi connectivity index (χ3n) is 2.94. The number of hydrogen-bond acceptors (Lipinski definition) is 6. The maximum Gasteiger partial charge on any atom is 0.138 e. The summed E-state index contributed by atoms with van der Waals surface area (Å²) < 4.78 is 0. The van der Waals surface area contributed by atoms with Gasteiger partial charge in [0, 0.05) is 4.88 Å². The van der Waals surface area contributed by atoms with Gasteiger partial charge in [-0.3, -0.25) is 0 Å². The first kappa shape index (κ1) is 13.7. The summed E-state index contributed by atoms with van der Waals surface area (Å²) in [5.74, 6) is -0.643. The molecular formula is C13H16N3O2S-. The van der Waals surface area contributed by atoms with Crippen LogP contribution in [-0.4, -0.2) is 22.0 Å². The van der Waals surface area contributed by atoms with Gasteiger partial charge in [-0.25, -0.2) is 9.97 Å². The van der Waals surface area contributed by atoms with Crippen molar-refractivity contribution in [3.63, 3.8) is 0 Å². The van der Waals surface area contributed by atoms with E-state index < -0.39 is 12.0 Å². The Hall–Kier alpha value is -1.69. The molecule has 1 N–H and O–H groups in total. The monoisotopic (exact) mass is 278 g/mol. The van der Waals surface area contributed by atoms with Crippen molar-refractivity contribution < 1.29 is 9.90 Å². The normalized spacial score (nSPS) is 12.8. The lowest BCUT2D eigenvalue weighted by atomic mass is 10.0. The molecule has 0 aromatic carbocycles. The van der Waals surface area contributed by atoms with Crippen LogP contribution < -0.4 is 10.4 Å². The molecule has 0 bridgehead atoms. The highest BCUT2D eigenvalue weighted by molar-refractivity contribution is 7.18. The van der Waals surface area contributed by atoms with Gasteiger partial charge in [-0.1, -0.05) is 20.8 Å². The van der Waals surface area contributed by atoms with Crippen molar-refractivity contribution in [3.05, 3.63) is 17.3 Å². The zero-order chi connectivity index (χ0) is 14.0. The maximum absolute atomic E-state index is 11.1. The van der Waals surface area contributed by atoms with Crippen LogP contribution in [0.5, 0.6) is 0 Å². The lowest BCUT2D eigenvalue weighted by molar-refractivity contribution is -0.307. The van der Waals surface area contributed by atoms with E-state index >= 15 is 0 Å². The van der Waals surface area contributed by atoms with Crippen LogP contribution in [0.4, 0.5) is 5.82 Å². The summed E-state index contributed by atoms with van der Waals surface area (Å²) in [6, 6.07) is 1.25. The van der Waals surface area contributed by atoms with Crippen LogP contribution in [0.15, 0.2) is 12.4 Å². The highest BCUT2D eigenvalue weighted by Crippen LogP contribution is 2.29. The van der Waals surface area contributed by atoms with E-state index in [-0.39, 0.29) is 5.92 Å². The van der Waals surface area contributed by atoms with E-state index in [1.165, 1.54) is 11.2 Å². The third-order valence-corrected chi connectivity index (χ3v) is 4.13. The molecule has 0 saturated carbocycles. The predicted octanol–water partition coefficient (Wildman–Crippen LogP) is 1.44. The lowest BCUT2D eigenvalue weighted by Gasteiger charge is -2.23. The minimum absolute atomic E-state index is 0.0840. The molecule has 0 fully saturated rings. The fraction of sp³-hybridized carbons (Fsp3) is 0.462. The van der Waals surface area contributed by atoms with E-state index in [1.807, 2.05) is 19.9 Å². The number of nitrogens with one attached hydrogen (secondary N) is 1. The topological polar surface area (TPSA) is 77.9 Å². The van der Waals surface area contributed by atoms with E-state index in [0.29, 0.717) is 5.82 Å². The van der Waals surface area contributed by atoms with Gasteiger partial charge in [-0.15, -0.1) is 11.3 Å². The number of carbonyl (C=O) groups excluding carboxylic acids is 1. The van der Waals surface area contributed by atoms with Crippen LogP contribution in [0.2, 0.25) is 0 Å². The van der Waals surface area contributed by atoms with E-state index in [2.05, 4.69) is 22.2 Å². The summed E-state index contributed by atoms with van der Waals surface area (Å²) in [5, 5.41) is 15.0. The number of carbonyl (C=O) groups is 1. The maximum atomic E-state index is 11.1. The Morgan fingerprint density at radius 2 is 2.21 bits per heavy atom. The molecule has 0 amide bonds. The Labute approximate surface area is 115 Å². The number of nitrogens with zero attached hydrogens (tertiary/aromatic N) is 2. The predicted molar refractivity (Wildman–Crippen MR) is 74.0 cm³/mol. The van der Waals surface area contributed by atoms with E-state index in [9.17, 15) is 9.90 Å². The highest BCUT2D eigenvalue weighted by Gasteiger charge is 2.17. The standard InChI is InChI=1S/C13H17N3O2S/c1-4-8-5-9-11(14-6-15-12(9)19-8)16-10(7(2)3)13(17)18/h5-7,10H,4H2,1-3H3,(H,17,18)(H,14,15,16)/p-1/t10-/m0/s1. The first-order valence-corrected chi connectivity index (χ1v) is 7.05. The number of aromatic nitrogens is 2. The molecule has 0 spiro atoms. The molecular weight excluding hydrogens is 262 g/mol. The molecule has 2 rings (SSSR count). The first-order valence-electron chi connectivity index (χ1n) is 6.23. The summed E-state index contributed by atoms with van der Waals surface area (Å²) >= 11 is 1.60. The summed E-state index contributed by atoms with van der Waals surface area (Å²) in [6.07, 6.45) is 2.38. The van der Waals surface area contributed by atoms with Crippen LogP contribution in [0.25, 0.3) is 10.2 Å². The lowest BCUT2D eigenvalue weighted by Crippen LogP contribution is -2.44. The van der Waals surface area contributed by atoms with Gasteiger partial charge in [-0.05, 0) is 18.4 Å². The second kappa shape index (κ2) is 5.52. The minimum Gasteiger partial charge on any atom is -0.548 e. The zero-order valence-electron chi connectivity index (χ0n) is 11.1. The quantitative estimate of drug-likeness (QED) is 0.895. The SMILES string of the molecule is CCc1cc2c(N[C@H](C(=O)[O-])C(C)C)ncnc2s1. The van der Waals surface area contributed by atoms with E-state index in [4.69, 9.17) is 0 Å². The summed E-state index contributed by atoms with van der Waals surface area (Å²) in [4.78, 5) is 21.6. The van der Waals surface area contributed by atoms with Crippen LogP contribution in [-0.2, 0) is 11.2 Å². The van der Waals surface area contributed by atoms with Crippen molar-refractivity contribution in [1.82, 2.24) is 9.97 Å². The van der Waals surface area contributed by atoms with Crippen molar-refractivity contribution in [3.8, 4) is 0 Å². The number of hydrogen-bond donors (Lipinski definition) is 1. The van der Waals surface area contributed by atoms with Crippen molar-refractivity contribution in [2.45, 2.75) is 33.2 Å². The zero-order valence-corrected chi connectivity index (χ0v) is 12.0. The van der Waals surface area contributed by atoms with Crippen molar-refractivity contribution >= 4 is 33.3 Å². The average Bonchev–Trinajstić information content (AvgIpc) is 2.78. The second-order valence-corrected chi connectivity index (χ2v) is 5.81. The van der Waals surface area contributed by atoms with Gasteiger partial charge in [-0.2, -0.15) is 0 Å². The van der Waals surface area contributed by atoms with Crippen molar-refractivity contribution in [2.24, 2.45) is 5.92 Å². The molecule has 0 radical (unpaired) electrons. The summed E-state index contributed by atoms with van der Waals surface area (Å²) in [7, 11) is 0. The summed E-state index contributed by atoms with van der Waals surface area (Å²) in [5.41, 5.74) is 0. The largest absolute Gasteiger partial charge is 0.548 e. The average molecular weight is 278 g/mol. The molecule has 102 valence electrons. The number of thiophene rings is 1. The Kier molecular flexibility index (Phi) is 3.99. The molecule has 0 aliphatic carbocycles. The molecule has 6 heteroatoms. The van der Waals surface area contributed by atoms with E-state index in [1.54, 1.807) is 11.3 Å². The highest BCUT2D eigenvalue weighted by atomic mass is 32.1. The van der Waals surface area contributed by atoms with Gasteiger partial charge in [0.1, 0.15) is 17.0 Å². The van der Waals surface area contributed by atoms with Gasteiger partial charge in [0.25, 0.3) is 0 Å². The number of rotatable bonds is 5. The Morgan fingerprint density at radius 1 is 1.47 bits per heavy atom. The Bertz CT molecular complexity index is 595. The molecule has 0 aliphatic rings. The second-order valence-electron chi connectivity index (χ2n) is 4.69. The van der Waals surface area contributed by atoms with Crippen LogP contribution in [0.3, 0.4) is 0 Å². The fourth-order valence-corrected chi connectivity index (χ4v) is 2.77. The van der Waals surface area contributed by atoms with Gasteiger partial charge in [0.15, 0.2) is 0 Å². The number of fused-ring (bicyclic) bond motifs is 1. The van der Waals surface area contributed by atoms with Crippen LogP contribution in [0.1, 0.15) is 25.6 Å². The molecule has 2 aromatic rings. The van der Waals surface area contributed by atoms with Crippen LogP contribution in [0, 0.1) is 5.92 Å². The summed E-state index contributed by atoms with van der Waals surface area (Å²) in [6.45, 7) is 5.73. The number of anilines is 1. The molecule has 2 heterocycles. The Morgan fingerprint density at radius 3 is 2.79 bits per heavy atom. The molecule has 19 heavy (non-hydrogen) atoms. The molecule has 0 aliphatic heterocycles. The molecule has 2 aromatic heterocycles. The van der Waals surface area contributed by atoms with E-state index in [0.717, 1.165) is 16.6 Å². The fourth-order valence-electron chi connectivity index (χ4n) is 1.84. The number of aliphatic carboxylic acids is 1. The van der Waals surface area contributed by atoms with Crippen molar-refractivity contribution in [2.75, 3.05) is 5.32 Å². The van der Waals surface area contributed by atoms with Crippen LogP contribution >= 0.6 is 11.3 Å². The number of aryl methyl sites for hydroxylation is 1. The Balaban J connectivity index is 2.39. The smallest absolute Gasteiger partial charge is 0.138 e. The number of carboxylic acids is 1. The third kappa shape index (κ3) is 2.84. The molecule has 5 nitrogen and oxygen atoms in total. The number of carboxylic acid groups (broad SMARTS) is 1. The molecule has 0 unspecified atom stereocenters. The van der Waals surface area contributed by atoms with Gasteiger partial charge < -0.3 is 15.2 Å². The minimum atomic E-state index is -1.12. The van der Waals surface area contributed by atoms with Gasteiger partial charge in [0.05, 0.1) is 17.4 Å². The van der Waals surface area contributed by atoms with Gasteiger partial charge in [0.2, 0.25) is 0 Å².